The van der Waals surface area contributed by atoms with Crippen LogP contribution in [-0.4, -0.2) is 26.6 Å². The van der Waals surface area contributed by atoms with E-state index in [-0.39, 0.29) is 12.0 Å². The third kappa shape index (κ3) is 3.13. The van der Waals surface area contributed by atoms with Crippen LogP contribution in [0.2, 0.25) is 0 Å². The molecule has 0 unspecified atom stereocenters. The van der Waals surface area contributed by atoms with E-state index in [9.17, 15) is 4.79 Å². The maximum Gasteiger partial charge on any atom is 0.305 e. The Labute approximate surface area is 123 Å². The molecule has 3 N–H and O–H groups in total. The molecule has 0 radical (unpaired) electrons. The number of rotatable bonds is 6. The van der Waals surface area contributed by atoms with Crippen molar-refractivity contribution >= 4 is 5.97 Å². The van der Waals surface area contributed by atoms with Crippen molar-refractivity contribution in [1.82, 2.24) is 15.3 Å². The van der Waals surface area contributed by atoms with Gasteiger partial charge in [0, 0.05) is 29.5 Å². The molecule has 1 aliphatic rings. The Hall–Kier alpha value is -2.14. The van der Waals surface area contributed by atoms with Crippen molar-refractivity contribution in [2.45, 2.75) is 37.8 Å². The van der Waals surface area contributed by atoms with E-state index in [1.165, 1.54) is 0 Å². The molecule has 1 saturated carbocycles. The van der Waals surface area contributed by atoms with Gasteiger partial charge in [0.25, 0.3) is 0 Å². The van der Waals surface area contributed by atoms with Crippen LogP contribution in [0, 0.1) is 0 Å². The van der Waals surface area contributed by atoms with Crippen molar-refractivity contribution in [3.8, 4) is 11.4 Å². The first-order valence-corrected chi connectivity index (χ1v) is 7.23. The van der Waals surface area contributed by atoms with Gasteiger partial charge in [0.05, 0.1) is 6.42 Å². The topological polar surface area (TPSA) is 78.0 Å². The zero-order valence-electron chi connectivity index (χ0n) is 11.8. The predicted octanol–water partition coefficient (Wildman–Crippen LogP) is 2.56. The average Bonchev–Trinajstić information content (AvgIpc) is 2.91. The van der Waals surface area contributed by atoms with Gasteiger partial charge in [-0.2, -0.15) is 0 Å². The highest BCUT2D eigenvalue weighted by Crippen LogP contribution is 2.35. The van der Waals surface area contributed by atoms with Gasteiger partial charge in [-0.05, 0) is 19.3 Å². The number of aromatic amines is 1. The molecule has 2 aromatic rings. The fourth-order valence-electron chi connectivity index (χ4n) is 2.78. The van der Waals surface area contributed by atoms with Crippen LogP contribution in [-0.2, 0) is 11.3 Å². The maximum atomic E-state index is 10.9. The lowest BCUT2D eigenvalue weighted by atomic mass is 9.74. The first kappa shape index (κ1) is 13.8. The number of hydrogen-bond acceptors (Lipinski definition) is 3. The second-order valence-electron chi connectivity index (χ2n) is 5.68. The molecule has 1 aliphatic carbocycles. The largest absolute Gasteiger partial charge is 0.481 e. The number of aliphatic carboxylic acids is 1. The average molecular weight is 285 g/mol. The maximum absolute atomic E-state index is 10.9. The van der Waals surface area contributed by atoms with Gasteiger partial charge < -0.3 is 15.4 Å². The predicted molar refractivity (Wildman–Crippen MR) is 79.7 cm³/mol. The van der Waals surface area contributed by atoms with E-state index in [2.05, 4.69) is 15.3 Å². The van der Waals surface area contributed by atoms with Crippen molar-refractivity contribution in [2.75, 3.05) is 0 Å². The van der Waals surface area contributed by atoms with Crippen LogP contribution < -0.4 is 5.32 Å². The number of nitrogens with one attached hydrogen (secondary N) is 2. The molecule has 0 aliphatic heterocycles. The van der Waals surface area contributed by atoms with E-state index in [1.54, 1.807) is 0 Å². The van der Waals surface area contributed by atoms with Crippen LogP contribution in [0.4, 0.5) is 0 Å². The molecule has 0 saturated heterocycles. The van der Waals surface area contributed by atoms with Crippen molar-refractivity contribution in [3.63, 3.8) is 0 Å². The molecule has 0 spiro atoms. The van der Waals surface area contributed by atoms with E-state index in [0.29, 0.717) is 6.54 Å². The third-order valence-corrected chi connectivity index (χ3v) is 4.13. The summed E-state index contributed by atoms with van der Waals surface area (Å²) in [5.41, 5.74) is 1.79. The second-order valence-corrected chi connectivity index (χ2v) is 5.68. The summed E-state index contributed by atoms with van der Waals surface area (Å²) >= 11 is 0. The summed E-state index contributed by atoms with van der Waals surface area (Å²) in [7, 11) is 0. The van der Waals surface area contributed by atoms with Crippen molar-refractivity contribution in [1.29, 1.82) is 0 Å². The number of imidazole rings is 1. The van der Waals surface area contributed by atoms with Crippen LogP contribution in [0.3, 0.4) is 0 Å². The van der Waals surface area contributed by atoms with E-state index >= 15 is 0 Å². The lowest BCUT2D eigenvalue weighted by molar-refractivity contribution is -0.139. The van der Waals surface area contributed by atoms with Crippen molar-refractivity contribution < 1.29 is 9.90 Å². The molecule has 5 nitrogen and oxygen atoms in total. The van der Waals surface area contributed by atoms with Gasteiger partial charge in [0.2, 0.25) is 0 Å². The smallest absolute Gasteiger partial charge is 0.305 e. The second kappa shape index (κ2) is 5.69. The monoisotopic (exact) mass is 285 g/mol. The first-order valence-electron chi connectivity index (χ1n) is 7.23. The van der Waals surface area contributed by atoms with Gasteiger partial charge in [-0.3, -0.25) is 4.79 Å². The quantitative estimate of drug-likeness (QED) is 0.762. The normalized spacial score (nSPS) is 16.4. The Balaban J connectivity index is 1.64. The fraction of sp³-hybridized carbons (Fsp3) is 0.375. The lowest BCUT2D eigenvalue weighted by Crippen LogP contribution is -2.51. The van der Waals surface area contributed by atoms with Gasteiger partial charge in [0.1, 0.15) is 5.82 Å². The number of carboxylic acid groups (broad SMARTS) is 1. The molecule has 0 atom stereocenters. The number of H-pyrrole nitrogens is 1. The minimum absolute atomic E-state index is 0.187. The van der Waals surface area contributed by atoms with Gasteiger partial charge in [-0.15, -0.1) is 0 Å². The minimum atomic E-state index is -0.739. The molecule has 0 bridgehead atoms. The molecule has 1 aromatic heterocycles. The first-order chi connectivity index (χ1) is 10.2. The summed E-state index contributed by atoms with van der Waals surface area (Å²) in [4.78, 5) is 18.6. The molecular weight excluding hydrogens is 266 g/mol. The zero-order valence-corrected chi connectivity index (χ0v) is 11.8. The van der Waals surface area contributed by atoms with Crippen molar-refractivity contribution in [3.05, 3.63) is 42.2 Å². The number of hydrogen-bond donors (Lipinski definition) is 3. The molecule has 0 amide bonds. The highest BCUT2D eigenvalue weighted by atomic mass is 16.4. The van der Waals surface area contributed by atoms with E-state index in [4.69, 9.17) is 5.11 Å². The summed E-state index contributed by atoms with van der Waals surface area (Å²) < 4.78 is 0. The van der Waals surface area contributed by atoms with Gasteiger partial charge in [-0.1, -0.05) is 30.3 Å². The lowest BCUT2D eigenvalue weighted by Gasteiger charge is -2.41. The van der Waals surface area contributed by atoms with Crippen LogP contribution >= 0.6 is 0 Å². The zero-order chi connectivity index (χ0) is 14.7. The summed E-state index contributed by atoms with van der Waals surface area (Å²) in [6.45, 7) is 0.618. The van der Waals surface area contributed by atoms with E-state index < -0.39 is 5.97 Å². The summed E-state index contributed by atoms with van der Waals surface area (Å²) in [5, 5.41) is 12.4. The Morgan fingerprint density at radius 3 is 2.71 bits per heavy atom. The van der Waals surface area contributed by atoms with Crippen LogP contribution in [0.5, 0.6) is 0 Å². The van der Waals surface area contributed by atoms with E-state index in [0.717, 1.165) is 36.3 Å². The third-order valence-electron chi connectivity index (χ3n) is 4.13. The Kier molecular flexibility index (Phi) is 3.75. The van der Waals surface area contributed by atoms with E-state index in [1.807, 2.05) is 36.5 Å². The molecule has 1 aromatic carbocycles. The molecule has 1 heterocycles. The van der Waals surface area contributed by atoms with Crippen molar-refractivity contribution in [2.24, 2.45) is 0 Å². The number of aromatic nitrogens is 2. The number of carboxylic acids is 1. The van der Waals surface area contributed by atoms with Gasteiger partial charge >= 0.3 is 5.97 Å². The van der Waals surface area contributed by atoms with Crippen LogP contribution in [0.1, 0.15) is 31.4 Å². The molecule has 21 heavy (non-hydrogen) atoms. The van der Waals surface area contributed by atoms with Crippen LogP contribution in [0.25, 0.3) is 11.4 Å². The molecule has 110 valence electrons. The molecular formula is C16H19N3O2. The Morgan fingerprint density at radius 1 is 1.33 bits per heavy atom. The number of benzene rings is 1. The van der Waals surface area contributed by atoms with Gasteiger partial charge in [-0.25, -0.2) is 4.98 Å². The molecule has 1 fully saturated rings. The van der Waals surface area contributed by atoms with Gasteiger partial charge in [0.15, 0.2) is 0 Å². The number of carbonyl (C=O) groups is 1. The summed E-state index contributed by atoms with van der Waals surface area (Å²) in [6, 6.07) is 9.95. The molecule has 5 heteroatoms. The Morgan fingerprint density at radius 2 is 2.10 bits per heavy atom. The summed E-state index contributed by atoms with van der Waals surface area (Å²) in [5.74, 6) is 0.102. The number of nitrogens with zero attached hydrogens (tertiary/aromatic N) is 1. The SMILES string of the molecule is O=C(O)CC1(NCc2cnc(-c3ccccc3)[nH]2)CCC1. The highest BCUT2D eigenvalue weighted by Gasteiger charge is 2.38. The summed E-state index contributed by atoms with van der Waals surface area (Å²) in [6.07, 6.45) is 4.95. The van der Waals surface area contributed by atoms with Crippen LogP contribution in [0.15, 0.2) is 36.5 Å². The highest BCUT2D eigenvalue weighted by molar-refractivity contribution is 5.68. The Bertz CT molecular complexity index is 617. The minimum Gasteiger partial charge on any atom is -0.481 e. The fourth-order valence-corrected chi connectivity index (χ4v) is 2.78. The molecule has 3 rings (SSSR count). The standard InChI is InChI=1S/C16H19N3O2/c20-14(21)9-16(7-4-8-16)18-11-13-10-17-15(19-13)12-5-2-1-3-6-12/h1-3,5-6,10,18H,4,7-9,11H2,(H,17,19)(H,20,21).